The van der Waals surface area contributed by atoms with Gasteiger partial charge in [-0.25, -0.2) is 0 Å². The topological polar surface area (TPSA) is 44.4 Å². The van der Waals surface area contributed by atoms with Crippen molar-refractivity contribution >= 4 is 5.91 Å². The van der Waals surface area contributed by atoms with Gasteiger partial charge >= 0.3 is 0 Å². The summed E-state index contributed by atoms with van der Waals surface area (Å²) >= 11 is 0. The molecule has 2 heterocycles. The van der Waals surface area contributed by atoms with E-state index in [1.165, 1.54) is 25.7 Å². The summed E-state index contributed by atoms with van der Waals surface area (Å²) in [5.41, 5.74) is -0.459. The number of likely N-dealkylation sites (N-methyl/N-ethyl adjacent to an activating group) is 1. The van der Waals surface area contributed by atoms with Crippen LogP contribution in [-0.2, 0) is 4.79 Å². The van der Waals surface area contributed by atoms with Crippen LogP contribution in [0.2, 0.25) is 0 Å². The molecule has 2 rings (SSSR count). The van der Waals surface area contributed by atoms with E-state index < -0.39 is 5.54 Å². The van der Waals surface area contributed by atoms with E-state index in [1.54, 1.807) is 0 Å². The third-order valence-corrected chi connectivity index (χ3v) is 4.93. The van der Waals surface area contributed by atoms with Gasteiger partial charge in [0, 0.05) is 18.6 Å². The van der Waals surface area contributed by atoms with Crippen LogP contribution in [0, 0.1) is 5.92 Å². The Morgan fingerprint density at radius 2 is 1.84 bits per heavy atom. The number of nitrogens with one attached hydrogen (secondary N) is 2. The van der Waals surface area contributed by atoms with Crippen LogP contribution < -0.4 is 10.6 Å². The highest BCUT2D eigenvalue weighted by Crippen LogP contribution is 2.36. The minimum atomic E-state index is -0.459. The first kappa shape index (κ1) is 14.8. The minimum Gasteiger partial charge on any atom is -0.354 e. The van der Waals surface area contributed by atoms with Gasteiger partial charge in [0.2, 0.25) is 5.91 Å². The Bertz CT molecular complexity index is 315. The summed E-state index contributed by atoms with van der Waals surface area (Å²) in [5.74, 6) is 0.788. The van der Waals surface area contributed by atoms with Gasteiger partial charge in [-0.1, -0.05) is 6.92 Å². The molecule has 0 aliphatic carbocycles. The lowest BCUT2D eigenvalue weighted by Gasteiger charge is -2.36. The normalized spacial score (nSPS) is 31.5. The molecule has 2 saturated heterocycles. The van der Waals surface area contributed by atoms with Crippen molar-refractivity contribution in [3.05, 3.63) is 0 Å². The molecule has 2 aliphatic heterocycles. The Balaban J connectivity index is 1.79. The summed E-state index contributed by atoms with van der Waals surface area (Å²) in [6.07, 6.45) is 5.17. The summed E-state index contributed by atoms with van der Waals surface area (Å²) in [4.78, 5) is 14.7. The summed E-state index contributed by atoms with van der Waals surface area (Å²) in [6.45, 7) is 7.59. The number of hydrogen-bond acceptors (Lipinski definition) is 3. The van der Waals surface area contributed by atoms with Gasteiger partial charge < -0.3 is 15.5 Å². The molecule has 4 nitrogen and oxygen atoms in total. The second-order valence-electron chi connectivity index (χ2n) is 6.75. The standard InChI is InChI=1S/C15H29N3O/c1-5-17-15(2,3)14(19)16-10-11-8-12-6-7-13(9-11)18(12)4/h11-13,17H,5-10H2,1-4H3,(H,16,19). The third kappa shape index (κ3) is 3.29. The Morgan fingerprint density at radius 3 is 2.37 bits per heavy atom. The SMILES string of the molecule is CCNC(C)(C)C(=O)NCC1CC2CCC(C1)N2C. The molecular formula is C15H29N3O. The minimum absolute atomic E-state index is 0.126. The van der Waals surface area contributed by atoms with Crippen LogP contribution in [0.3, 0.4) is 0 Å². The molecule has 2 aliphatic rings. The molecule has 2 N–H and O–H groups in total. The smallest absolute Gasteiger partial charge is 0.239 e. The van der Waals surface area contributed by atoms with Crippen LogP contribution in [0.25, 0.3) is 0 Å². The average molecular weight is 267 g/mol. The maximum Gasteiger partial charge on any atom is 0.239 e. The van der Waals surface area contributed by atoms with E-state index in [0.29, 0.717) is 5.92 Å². The third-order valence-electron chi connectivity index (χ3n) is 4.93. The molecule has 110 valence electrons. The van der Waals surface area contributed by atoms with Crippen LogP contribution in [0.4, 0.5) is 0 Å². The quantitative estimate of drug-likeness (QED) is 0.790. The van der Waals surface area contributed by atoms with E-state index >= 15 is 0 Å². The fourth-order valence-corrected chi connectivity index (χ4v) is 3.67. The second-order valence-corrected chi connectivity index (χ2v) is 6.75. The van der Waals surface area contributed by atoms with Crippen molar-refractivity contribution in [2.45, 2.75) is 64.1 Å². The number of fused-ring (bicyclic) bond motifs is 2. The number of carbonyl (C=O) groups excluding carboxylic acids is 1. The summed E-state index contributed by atoms with van der Waals surface area (Å²) in [6, 6.07) is 1.50. The zero-order valence-electron chi connectivity index (χ0n) is 12.8. The maximum atomic E-state index is 12.2. The van der Waals surface area contributed by atoms with Gasteiger partial charge in [-0.2, -0.15) is 0 Å². The first-order valence-corrected chi connectivity index (χ1v) is 7.69. The fourth-order valence-electron chi connectivity index (χ4n) is 3.67. The van der Waals surface area contributed by atoms with Crippen LogP contribution >= 0.6 is 0 Å². The molecule has 0 aromatic rings. The lowest BCUT2D eigenvalue weighted by molar-refractivity contribution is -0.126. The Kier molecular flexibility index (Phi) is 4.51. The zero-order valence-corrected chi connectivity index (χ0v) is 12.8. The summed E-state index contributed by atoms with van der Waals surface area (Å²) in [5, 5.41) is 6.37. The highest BCUT2D eigenvalue weighted by atomic mass is 16.2. The average Bonchev–Trinajstić information content (AvgIpc) is 2.59. The molecule has 4 heteroatoms. The van der Waals surface area contributed by atoms with E-state index in [-0.39, 0.29) is 5.91 Å². The molecule has 2 atom stereocenters. The van der Waals surface area contributed by atoms with Gasteiger partial charge in [0.1, 0.15) is 0 Å². The van der Waals surface area contributed by atoms with Crippen molar-refractivity contribution in [2.75, 3.05) is 20.1 Å². The highest BCUT2D eigenvalue weighted by molar-refractivity contribution is 5.85. The molecule has 0 radical (unpaired) electrons. The number of amides is 1. The Hall–Kier alpha value is -0.610. The number of carbonyl (C=O) groups is 1. The maximum absolute atomic E-state index is 12.2. The van der Waals surface area contributed by atoms with Crippen molar-refractivity contribution in [3.8, 4) is 0 Å². The van der Waals surface area contributed by atoms with Crippen LogP contribution in [0.5, 0.6) is 0 Å². The van der Waals surface area contributed by atoms with E-state index in [1.807, 2.05) is 20.8 Å². The van der Waals surface area contributed by atoms with Crippen molar-refractivity contribution in [1.29, 1.82) is 0 Å². The van der Waals surface area contributed by atoms with Gasteiger partial charge in [0.15, 0.2) is 0 Å². The van der Waals surface area contributed by atoms with E-state index in [0.717, 1.165) is 25.2 Å². The van der Waals surface area contributed by atoms with E-state index in [2.05, 4.69) is 22.6 Å². The first-order valence-electron chi connectivity index (χ1n) is 7.69. The largest absolute Gasteiger partial charge is 0.354 e. The molecule has 0 aromatic carbocycles. The lowest BCUT2D eigenvalue weighted by atomic mass is 9.91. The lowest BCUT2D eigenvalue weighted by Crippen LogP contribution is -2.54. The predicted octanol–water partition coefficient (Wildman–Crippen LogP) is 1.36. The van der Waals surface area contributed by atoms with Crippen molar-refractivity contribution in [3.63, 3.8) is 0 Å². The Morgan fingerprint density at radius 1 is 1.26 bits per heavy atom. The van der Waals surface area contributed by atoms with Gasteiger partial charge in [-0.15, -0.1) is 0 Å². The van der Waals surface area contributed by atoms with Crippen molar-refractivity contribution in [2.24, 2.45) is 5.92 Å². The van der Waals surface area contributed by atoms with Gasteiger partial charge in [-0.05, 0) is 59.0 Å². The fraction of sp³-hybridized carbons (Fsp3) is 0.933. The molecule has 2 fully saturated rings. The molecule has 2 bridgehead atoms. The number of piperidine rings is 1. The Labute approximate surface area is 117 Å². The van der Waals surface area contributed by atoms with Crippen LogP contribution in [0.15, 0.2) is 0 Å². The van der Waals surface area contributed by atoms with Gasteiger partial charge in [0.25, 0.3) is 0 Å². The first-order chi connectivity index (χ1) is 8.94. The summed E-state index contributed by atoms with van der Waals surface area (Å²) in [7, 11) is 2.26. The second kappa shape index (κ2) is 5.80. The van der Waals surface area contributed by atoms with Gasteiger partial charge in [0.05, 0.1) is 5.54 Å². The molecule has 19 heavy (non-hydrogen) atoms. The van der Waals surface area contributed by atoms with Gasteiger partial charge in [-0.3, -0.25) is 4.79 Å². The monoisotopic (exact) mass is 267 g/mol. The molecule has 1 amide bonds. The number of hydrogen-bond donors (Lipinski definition) is 2. The highest BCUT2D eigenvalue weighted by Gasteiger charge is 2.38. The predicted molar refractivity (Wildman–Crippen MR) is 78.1 cm³/mol. The van der Waals surface area contributed by atoms with Crippen LogP contribution in [0.1, 0.15) is 46.5 Å². The van der Waals surface area contributed by atoms with Crippen LogP contribution in [-0.4, -0.2) is 48.6 Å². The van der Waals surface area contributed by atoms with Crippen molar-refractivity contribution < 1.29 is 4.79 Å². The van der Waals surface area contributed by atoms with E-state index in [4.69, 9.17) is 0 Å². The molecule has 0 saturated carbocycles. The van der Waals surface area contributed by atoms with Crippen molar-refractivity contribution in [1.82, 2.24) is 15.5 Å². The molecular weight excluding hydrogens is 238 g/mol. The zero-order chi connectivity index (χ0) is 14.0. The number of nitrogens with zero attached hydrogens (tertiary/aromatic N) is 1. The molecule has 0 aromatic heterocycles. The molecule has 0 spiro atoms. The summed E-state index contributed by atoms with van der Waals surface area (Å²) < 4.78 is 0. The number of rotatable bonds is 5. The van der Waals surface area contributed by atoms with E-state index in [9.17, 15) is 4.79 Å². The molecule has 2 unspecified atom stereocenters.